The van der Waals surface area contributed by atoms with Gasteiger partial charge in [0.2, 0.25) is 0 Å². The minimum Gasteiger partial charge on any atom is -0.496 e. The van der Waals surface area contributed by atoms with Crippen molar-refractivity contribution in [1.29, 1.82) is 0 Å². The second kappa shape index (κ2) is 10.1. The van der Waals surface area contributed by atoms with Crippen LogP contribution in [0, 0.1) is 10.1 Å². The maximum atomic E-state index is 13.5. The minimum absolute atomic E-state index is 0.0777. The molecular formula is C25H27N3O9S. The molecule has 2 fully saturated rings. The molecule has 2 aliphatic rings. The van der Waals surface area contributed by atoms with Gasteiger partial charge in [0.15, 0.2) is 0 Å². The molecule has 2 aromatic rings. The number of hydrogen-bond donors (Lipinski definition) is 1. The summed E-state index contributed by atoms with van der Waals surface area (Å²) < 4.78 is 20.9. The van der Waals surface area contributed by atoms with Crippen molar-refractivity contribution in [2.75, 3.05) is 21.3 Å². The number of nitrogens with one attached hydrogen (secondary N) is 1. The predicted octanol–water partition coefficient (Wildman–Crippen LogP) is 2.49. The molecule has 0 aliphatic carbocycles. The number of thioether (sulfide) groups is 1. The molecule has 0 aromatic heterocycles. The first-order chi connectivity index (χ1) is 18.0. The zero-order valence-corrected chi connectivity index (χ0v) is 22.2. The van der Waals surface area contributed by atoms with E-state index in [0.29, 0.717) is 5.56 Å². The van der Waals surface area contributed by atoms with E-state index in [9.17, 15) is 24.5 Å². The summed E-state index contributed by atoms with van der Waals surface area (Å²) in [5.41, 5.74) is -1.14. The highest BCUT2D eigenvalue weighted by Crippen LogP contribution is 2.55. The highest BCUT2D eigenvalue weighted by atomic mass is 32.2. The highest BCUT2D eigenvalue weighted by Gasteiger charge is 2.73. The quantitative estimate of drug-likeness (QED) is 0.164. The summed E-state index contributed by atoms with van der Waals surface area (Å²) in [6.45, 7) is 3.47. The predicted molar refractivity (Wildman–Crippen MR) is 136 cm³/mol. The number of methoxy groups -OCH3 is 3. The number of benzene rings is 2. The third-order valence-electron chi connectivity index (χ3n) is 6.53. The molecule has 202 valence electrons. The van der Waals surface area contributed by atoms with Crippen LogP contribution in [0.2, 0.25) is 0 Å². The number of nitro groups is 1. The number of nitro benzene ring substituents is 1. The molecule has 2 aliphatic heterocycles. The number of ether oxygens (including phenoxy) is 4. The third-order valence-corrected chi connectivity index (χ3v) is 8.15. The Labute approximate surface area is 222 Å². The van der Waals surface area contributed by atoms with E-state index in [1.807, 2.05) is 0 Å². The van der Waals surface area contributed by atoms with E-state index in [2.05, 4.69) is 5.32 Å². The third kappa shape index (κ3) is 4.41. The van der Waals surface area contributed by atoms with Crippen LogP contribution in [-0.2, 0) is 25.7 Å². The Morgan fingerprint density at radius 1 is 1.08 bits per heavy atom. The smallest absolute Gasteiger partial charge is 0.330 e. The average molecular weight is 546 g/mol. The van der Waals surface area contributed by atoms with Crippen molar-refractivity contribution in [1.82, 2.24) is 10.2 Å². The number of fused-ring (bicyclic) bond motifs is 1. The van der Waals surface area contributed by atoms with Gasteiger partial charge in [0.25, 0.3) is 23.2 Å². The van der Waals surface area contributed by atoms with Crippen LogP contribution < -0.4 is 14.8 Å². The maximum Gasteiger partial charge on any atom is 0.330 e. The Bertz CT molecular complexity index is 1260. The molecule has 38 heavy (non-hydrogen) atoms. The van der Waals surface area contributed by atoms with Crippen molar-refractivity contribution in [2.24, 2.45) is 0 Å². The average Bonchev–Trinajstić information content (AvgIpc) is 3.18. The number of nitrogens with zero attached hydrogens (tertiary/aromatic N) is 2. The Morgan fingerprint density at radius 3 is 2.21 bits per heavy atom. The van der Waals surface area contributed by atoms with Crippen LogP contribution in [0.3, 0.4) is 0 Å². The van der Waals surface area contributed by atoms with Crippen molar-refractivity contribution in [3.8, 4) is 11.5 Å². The summed E-state index contributed by atoms with van der Waals surface area (Å²) in [5, 5.41) is 12.8. The molecule has 12 nitrogen and oxygen atoms in total. The van der Waals surface area contributed by atoms with Crippen LogP contribution in [0.4, 0.5) is 5.69 Å². The molecule has 13 heteroatoms. The number of carbonyl (C=O) groups is 3. The van der Waals surface area contributed by atoms with E-state index >= 15 is 0 Å². The summed E-state index contributed by atoms with van der Waals surface area (Å²) in [7, 11) is 4.13. The van der Waals surface area contributed by atoms with Gasteiger partial charge >= 0.3 is 5.97 Å². The van der Waals surface area contributed by atoms with Crippen LogP contribution in [0.5, 0.6) is 11.5 Å². The molecule has 0 saturated carbocycles. The zero-order chi connectivity index (χ0) is 27.8. The standard InChI is InChI=1S/C25H27N3O9S/c1-24(2)19(21(30)37-13-14-9-11-15(12-10-14)28(32)33)27-22(31)25(36-5,23(27)38-24)26-20(29)18-16(34-3)7-6-8-17(18)35-4/h6-12,19,23H,13H2,1-5H3,(H,26,29)/t19-,23+,25-/m0/s1. The first kappa shape index (κ1) is 27.2. The molecule has 3 atom stereocenters. The number of rotatable bonds is 9. The SMILES string of the molecule is COc1cccc(OC)c1C(=O)N[C@]1(OC)C(=O)N2[C@@H](C(=O)OCc3ccc([N+](=O)[O-])cc3)C(C)(C)S[C@@H]21. The molecule has 4 rings (SSSR count). The maximum absolute atomic E-state index is 13.5. The Kier molecular flexibility index (Phi) is 7.26. The summed E-state index contributed by atoms with van der Waals surface area (Å²) >= 11 is 1.30. The van der Waals surface area contributed by atoms with Crippen LogP contribution in [0.15, 0.2) is 42.5 Å². The van der Waals surface area contributed by atoms with Gasteiger partial charge in [-0.2, -0.15) is 0 Å². The van der Waals surface area contributed by atoms with E-state index in [4.69, 9.17) is 18.9 Å². The first-order valence-electron chi connectivity index (χ1n) is 11.5. The highest BCUT2D eigenvalue weighted by molar-refractivity contribution is 8.01. The molecular weight excluding hydrogens is 518 g/mol. The molecule has 2 aromatic carbocycles. The second-order valence-corrected chi connectivity index (χ2v) is 10.9. The Hall–Kier alpha value is -3.84. The first-order valence-corrected chi connectivity index (χ1v) is 12.4. The molecule has 2 saturated heterocycles. The lowest BCUT2D eigenvalue weighted by atomic mass is 9.93. The van der Waals surface area contributed by atoms with Gasteiger partial charge in [0.1, 0.15) is 35.1 Å². The largest absolute Gasteiger partial charge is 0.496 e. The summed E-state index contributed by atoms with van der Waals surface area (Å²) in [4.78, 5) is 51.7. The molecule has 2 amide bonds. The lowest BCUT2D eigenvalue weighted by Gasteiger charge is -2.51. The second-order valence-electron chi connectivity index (χ2n) is 9.15. The van der Waals surface area contributed by atoms with Crippen LogP contribution in [0.25, 0.3) is 0 Å². The van der Waals surface area contributed by atoms with Gasteiger partial charge in [-0.3, -0.25) is 19.7 Å². The lowest BCUT2D eigenvalue weighted by Crippen LogP contribution is -2.80. The molecule has 0 radical (unpaired) electrons. The van der Waals surface area contributed by atoms with Gasteiger partial charge in [0.05, 0.1) is 19.1 Å². The van der Waals surface area contributed by atoms with Crippen LogP contribution >= 0.6 is 11.8 Å². The van der Waals surface area contributed by atoms with Gasteiger partial charge < -0.3 is 29.2 Å². The van der Waals surface area contributed by atoms with Crippen molar-refractivity contribution < 1.29 is 38.3 Å². The fourth-order valence-electron chi connectivity index (χ4n) is 4.62. The fraction of sp³-hybridized carbons (Fsp3) is 0.400. The summed E-state index contributed by atoms with van der Waals surface area (Å²) in [6, 6.07) is 9.53. The van der Waals surface area contributed by atoms with E-state index in [-0.39, 0.29) is 29.4 Å². The molecule has 0 bridgehead atoms. The molecule has 0 spiro atoms. The number of amides is 2. The summed E-state index contributed by atoms with van der Waals surface area (Å²) in [5.74, 6) is -1.37. The van der Waals surface area contributed by atoms with E-state index < -0.39 is 44.6 Å². The number of non-ortho nitro benzene ring substituents is 1. The van der Waals surface area contributed by atoms with Crippen molar-refractivity contribution in [2.45, 2.75) is 42.3 Å². The number of carbonyl (C=O) groups excluding carboxylic acids is 3. The number of hydrogen-bond acceptors (Lipinski definition) is 10. The van der Waals surface area contributed by atoms with Crippen LogP contribution in [-0.4, -0.2) is 70.8 Å². The topological polar surface area (TPSA) is 147 Å². The van der Waals surface area contributed by atoms with Gasteiger partial charge in [-0.05, 0) is 43.7 Å². The van der Waals surface area contributed by atoms with Gasteiger partial charge in [0, 0.05) is 24.0 Å². The van der Waals surface area contributed by atoms with Gasteiger partial charge in [-0.25, -0.2) is 4.79 Å². The minimum atomic E-state index is -1.72. The molecule has 0 unspecified atom stereocenters. The molecule has 2 heterocycles. The zero-order valence-electron chi connectivity index (χ0n) is 21.4. The van der Waals surface area contributed by atoms with E-state index in [1.54, 1.807) is 32.0 Å². The fourth-order valence-corrected chi connectivity index (χ4v) is 6.29. The van der Waals surface area contributed by atoms with Crippen molar-refractivity contribution in [3.63, 3.8) is 0 Å². The van der Waals surface area contributed by atoms with Gasteiger partial charge in [-0.15, -0.1) is 11.8 Å². The van der Waals surface area contributed by atoms with Crippen LogP contribution in [0.1, 0.15) is 29.8 Å². The van der Waals surface area contributed by atoms with E-state index in [1.165, 1.54) is 62.3 Å². The molecule has 1 N–H and O–H groups in total. The summed E-state index contributed by atoms with van der Waals surface area (Å²) in [6.07, 6.45) is 0. The van der Waals surface area contributed by atoms with Crippen molar-refractivity contribution in [3.05, 3.63) is 63.7 Å². The Morgan fingerprint density at radius 2 is 1.68 bits per heavy atom. The van der Waals surface area contributed by atoms with E-state index in [0.717, 1.165) is 0 Å². The monoisotopic (exact) mass is 545 g/mol. The number of esters is 1. The number of β-lactam (4-membered cyclic amide) rings is 1. The normalized spacial score (nSPS) is 23.2. The van der Waals surface area contributed by atoms with Gasteiger partial charge in [-0.1, -0.05) is 6.07 Å². The lowest BCUT2D eigenvalue weighted by molar-refractivity contribution is -0.384. The Balaban J connectivity index is 1.53. The van der Waals surface area contributed by atoms with Crippen molar-refractivity contribution >= 4 is 35.2 Å².